The summed E-state index contributed by atoms with van der Waals surface area (Å²) in [5, 5.41) is 19.7. The van der Waals surface area contributed by atoms with E-state index in [1.54, 1.807) is 36.4 Å². The van der Waals surface area contributed by atoms with E-state index in [9.17, 15) is 10.2 Å². The molecule has 0 atom stereocenters. The summed E-state index contributed by atoms with van der Waals surface area (Å²) >= 11 is 0. The number of hydrogen-bond acceptors (Lipinski definition) is 4. The van der Waals surface area contributed by atoms with E-state index in [4.69, 9.17) is 11.5 Å². The fraction of sp³-hybridized carbons (Fsp3) is 0.167. The molecular formula is C12H14N2O2. The molecular weight excluding hydrogens is 204 g/mol. The molecule has 1 aromatic rings. The Balaban J connectivity index is 2.43. The van der Waals surface area contributed by atoms with Crippen molar-refractivity contribution < 1.29 is 10.2 Å². The molecule has 0 amide bonds. The topological polar surface area (TPSA) is 92.5 Å². The fourth-order valence-corrected chi connectivity index (χ4v) is 1.75. The molecule has 16 heavy (non-hydrogen) atoms. The first-order valence-corrected chi connectivity index (χ1v) is 4.96. The predicted octanol–water partition coefficient (Wildman–Crippen LogP) is 0.579. The Hall–Kier alpha value is -1.78. The van der Waals surface area contributed by atoms with Gasteiger partial charge in [0.25, 0.3) is 0 Å². The number of nitrogen functional groups attached to an aromatic ring is 1. The zero-order valence-electron chi connectivity index (χ0n) is 8.72. The molecule has 0 radical (unpaired) electrons. The van der Waals surface area contributed by atoms with Gasteiger partial charge < -0.3 is 21.7 Å². The maximum atomic E-state index is 9.86. The molecule has 2 rings (SSSR count). The number of aliphatic hydroxyl groups is 2. The summed E-state index contributed by atoms with van der Waals surface area (Å²) in [6, 6.07) is 6.93. The molecule has 0 aromatic heterocycles. The van der Waals surface area contributed by atoms with E-state index in [2.05, 4.69) is 0 Å². The van der Waals surface area contributed by atoms with Gasteiger partial charge in [-0.05, 0) is 23.8 Å². The van der Waals surface area contributed by atoms with Crippen molar-refractivity contribution in [3.63, 3.8) is 0 Å². The Bertz CT molecular complexity index is 458. The third-order valence-corrected chi connectivity index (χ3v) is 2.57. The van der Waals surface area contributed by atoms with Crippen molar-refractivity contribution >= 4 is 11.3 Å². The van der Waals surface area contributed by atoms with Crippen LogP contribution in [0.2, 0.25) is 0 Å². The lowest BCUT2D eigenvalue weighted by Gasteiger charge is -2.28. The Labute approximate surface area is 93.5 Å². The summed E-state index contributed by atoms with van der Waals surface area (Å²) < 4.78 is 0. The molecule has 0 saturated heterocycles. The molecule has 1 aromatic carbocycles. The van der Waals surface area contributed by atoms with Crippen LogP contribution in [-0.4, -0.2) is 16.0 Å². The number of nitrogens with two attached hydrogens (primary N) is 2. The SMILES string of the molecule is NC1=CC=C(c2ccc(N)cc2)C(O)(O)C1. The van der Waals surface area contributed by atoms with Gasteiger partial charge in [0.05, 0.1) is 0 Å². The molecule has 0 heterocycles. The average molecular weight is 218 g/mol. The second kappa shape index (κ2) is 3.66. The van der Waals surface area contributed by atoms with Crippen molar-refractivity contribution in [3.05, 3.63) is 47.7 Å². The van der Waals surface area contributed by atoms with Gasteiger partial charge in [-0.25, -0.2) is 0 Å². The minimum absolute atomic E-state index is 0.0171. The highest BCUT2D eigenvalue weighted by atomic mass is 16.5. The second-order valence-corrected chi connectivity index (χ2v) is 3.94. The lowest BCUT2D eigenvalue weighted by molar-refractivity contribution is -0.107. The third-order valence-electron chi connectivity index (χ3n) is 2.57. The minimum atomic E-state index is -1.91. The standard InChI is InChI=1S/C12H14N2O2/c13-9-3-1-8(2-4-9)11-6-5-10(14)7-12(11,15)16/h1-6,15-16H,7,13-14H2. The summed E-state index contributed by atoms with van der Waals surface area (Å²) in [7, 11) is 0. The maximum absolute atomic E-state index is 9.86. The largest absolute Gasteiger partial charge is 0.402 e. The van der Waals surface area contributed by atoms with Crippen LogP contribution in [0.5, 0.6) is 0 Å². The van der Waals surface area contributed by atoms with E-state index >= 15 is 0 Å². The van der Waals surface area contributed by atoms with Crippen LogP contribution >= 0.6 is 0 Å². The molecule has 1 aliphatic carbocycles. The molecule has 0 unspecified atom stereocenters. The zero-order valence-corrected chi connectivity index (χ0v) is 8.72. The predicted molar refractivity (Wildman–Crippen MR) is 62.9 cm³/mol. The van der Waals surface area contributed by atoms with Gasteiger partial charge in [0, 0.05) is 23.4 Å². The second-order valence-electron chi connectivity index (χ2n) is 3.94. The van der Waals surface area contributed by atoms with Gasteiger partial charge in [-0.2, -0.15) is 0 Å². The normalized spacial score (nSPS) is 18.9. The van der Waals surface area contributed by atoms with E-state index in [1.807, 2.05) is 0 Å². The first-order chi connectivity index (χ1) is 7.49. The molecule has 1 aliphatic rings. The van der Waals surface area contributed by atoms with Gasteiger partial charge in [0.2, 0.25) is 0 Å². The average Bonchev–Trinajstić information content (AvgIpc) is 2.18. The van der Waals surface area contributed by atoms with Crippen molar-refractivity contribution in [2.45, 2.75) is 12.2 Å². The van der Waals surface area contributed by atoms with Gasteiger partial charge in [0.1, 0.15) is 0 Å². The van der Waals surface area contributed by atoms with E-state index < -0.39 is 5.79 Å². The first-order valence-electron chi connectivity index (χ1n) is 4.96. The van der Waals surface area contributed by atoms with E-state index in [0.717, 1.165) is 5.56 Å². The lowest BCUT2D eigenvalue weighted by atomic mass is 9.90. The molecule has 0 saturated carbocycles. The molecule has 84 valence electrons. The summed E-state index contributed by atoms with van der Waals surface area (Å²) in [6.07, 6.45) is 3.31. The summed E-state index contributed by atoms with van der Waals surface area (Å²) in [5.74, 6) is -1.91. The van der Waals surface area contributed by atoms with E-state index in [1.165, 1.54) is 0 Å². The third kappa shape index (κ3) is 1.93. The van der Waals surface area contributed by atoms with Crippen LogP contribution in [0.1, 0.15) is 12.0 Å². The minimum Gasteiger partial charge on any atom is -0.402 e. The van der Waals surface area contributed by atoms with Crippen LogP contribution in [0.4, 0.5) is 5.69 Å². The molecule has 0 bridgehead atoms. The van der Waals surface area contributed by atoms with Crippen LogP contribution in [-0.2, 0) is 0 Å². The monoisotopic (exact) mass is 218 g/mol. The van der Waals surface area contributed by atoms with Crippen LogP contribution in [0.3, 0.4) is 0 Å². The Morgan fingerprint density at radius 1 is 1.00 bits per heavy atom. The Kier molecular flexibility index (Phi) is 2.46. The molecule has 6 N–H and O–H groups in total. The Morgan fingerprint density at radius 2 is 1.62 bits per heavy atom. The quantitative estimate of drug-likeness (QED) is 0.410. The summed E-state index contributed by atoms with van der Waals surface area (Å²) in [4.78, 5) is 0. The van der Waals surface area contributed by atoms with E-state index in [0.29, 0.717) is 17.0 Å². The van der Waals surface area contributed by atoms with Crippen LogP contribution < -0.4 is 11.5 Å². The van der Waals surface area contributed by atoms with Crippen molar-refractivity contribution in [2.24, 2.45) is 5.73 Å². The number of allylic oxidation sites excluding steroid dienone is 2. The van der Waals surface area contributed by atoms with Crippen molar-refractivity contribution in [1.29, 1.82) is 0 Å². The zero-order chi connectivity index (χ0) is 11.8. The maximum Gasteiger partial charge on any atom is 0.195 e. The van der Waals surface area contributed by atoms with Crippen LogP contribution in [0.15, 0.2) is 42.1 Å². The van der Waals surface area contributed by atoms with Gasteiger partial charge in [0.15, 0.2) is 5.79 Å². The Morgan fingerprint density at radius 3 is 2.19 bits per heavy atom. The highest BCUT2D eigenvalue weighted by Crippen LogP contribution is 2.33. The van der Waals surface area contributed by atoms with Crippen LogP contribution in [0, 0.1) is 0 Å². The smallest absolute Gasteiger partial charge is 0.195 e. The first kappa shape index (κ1) is 10.7. The molecule has 4 nitrogen and oxygen atoms in total. The van der Waals surface area contributed by atoms with Gasteiger partial charge in [-0.3, -0.25) is 0 Å². The van der Waals surface area contributed by atoms with Crippen molar-refractivity contribution in [2.75, 3.05) is 5.73 Å². The lowest BCUT2D eigenvalue weighted by Crippen LogP contribution is -2.33. The molecule has 0 fully saturated rings. The highest BCUT2D eigenvalue weighted by molar-refractivity contribution is 5.74. The highest BCUT2D eigenvalue weighted by Gasteiger charge is 2.32. The van der Waals surface area contributed by atoms with Gasteiger partial charge >= 0.3 is 0 Å². The fourth-order valence-electron chi connectivity index (χ4n) is 1.75. The number of hydrogen-bond donors (Lipinski definition) is 4. The molecule has 0 aliphatic heterocycles. The summed E-state index contributed by atoms with van der Waals surface area (Å²) in [5.41, 5.74) is 13.4. The number of anilines is 1. The summed E-state index contributed by atoms with van der Waals surface area (Å²) in [6.45, 7) is 0. The van der Waals surface area contributed by atoms with E-state index in [-0.39, 0.29) is 6.42 Å². The number of rotatable bonds is 1. The van der Waals surface area contributed by atoms with Gasteiger partial charge in [-0.15, -0.1) is 0 Å². The molecule has 4 heteroatoms. The van der Waals surface area contributed by atoms with Gasteiger partial charge in [-0.1, -0.05) is 18.2 Å². The van der Waals surface area contributed by atoms with Crippen LogP contribution in [0.25, 0.3) is 5.57 Å². The number of benzene rings is 1. The molecule has 0 spiro atoms. The van der Waals surface area contributed by atoms with Crippen molar-refractivity contribution in [3.8, 4) is 0 Å². The van der Waals surface area contributed by atoms with Crippen molar-refractivity contribution in [1.82, 2.24) is 0 Å².